The van der Waals surface area contributed by atoms with E-state index >= 15 is 0 Å². The Kier molecular flexibility index (Phi) is 9.83. The minimum absolute atomic E-state index is 0.0920. The van der Waals surface area contributed by atoms with Crippen LogP contribution in [-0.2, 0) is 36.1 Å². The van der Waals surface area contributed by atoms with Gasteiger partial charge in [-0.25, -0.2) is 24.8 Å². The van der Waals surface area contributed by atoms with Gasteiger partial charge < -0.3 is 29.7 Å². The average Bonchev–Trinajstić information content (AvgIpc) is 3.50. The minimum atomic E-state index is -0.892. The van der Waals surface area contributed by atoms with Crippen LogP contribution in [0.2, 0.25) is 0 Å². The number of nitrogens with zero attached hydrogens (tertiary/aromatic N) is 8. The summed E-state index contributed by atoms with van der Waals surface area (Å²) in [5.74, 6) is 0.250. The maximum Gasteiger partial charge on any atom is 0.334 e. The highest BCUT2D eigenvalue weighted by Crippen LogP contribution is 2.34. The van der Waals surface area contributed by atoms with Gasteiger partial charge in [-0.05, 0) is 28.8 Å². The fourth-order valence-corrected chi connectivity index (χ4v) is 7.36. The zero-order chi connectivity index (χ0) is 37.2. The Morgan fingerprint density at radius 1 is 1.00 bits per heavy atom. The summed E-state index contributed by atoms with van der Waals surface area (Å²) in [7, 11) is 5.77. The number of benzene rings is 3. The van der Waals surface area contributed by atoms with Gasteiger partial charge in [-0.1, -0.05) is 66.7 Å². The standard InChI is InChI=1S/C40H43N9O4/c1-5-18-47-26-36(51)48-34(19-27-14-16-31(50)17-15-27)38(52)46(25-35(48)49(47)40(53)43-20-28-10-7-6-8-11-28)23-29-12-9-13-32-33(24-45(4)37(29)32)30-21-41-39(42-22-30)44(2)3/h5-17,21-22,24,34-35,50H,1,18-20,23,25-26H2,2-4H3,(H,43,53)/t34-,35-/m0/s1. The predicted molar refractivity (Wildman–Crippen MR) is 202 cm³/mol. The van der Waals surface area contributed by atoms with Crippen molar-refractivity contribution in [1.29, 1.82) is 0 Å². The lowest BCUT2D eigenvalue weighted by Crippen LogP contribution is -2.76. The van der Waals surface area contributed by atoms with Crippen LogP contribution in [-0.4, -0.2) is 103 Å². The van der Waals surface area contributed by atoms with Gasteiger partial charge in [-0.2, -0.15) is 0 Å². The third-order valence-corrected chi connectivity index (χ3v) is 9.83. The summed E-state index contributed by atoms with van der Waals surface area (Å²) in [6.45, 7) is 4.68. The molecule has 272 valence electrons. The second kappa shape index (κ2) is 14.8. The van der Waals surface area contributed by atoms with Gasteiger partial charge in [-0.15, -0.1) is 6.58 Å². The number of hydrazine groups is 1. The molecule has 2 atom stereocenters. The monoisotopic (exact) mass is 713 g/mol. The number of nitrogens with one attached hydrogen (secondary N) is 1. The molecule has 2 saturated heterocycles. The van der Waals surface area contributed by atoms with Crippen molar-refractivity contribution < 1.29 is 19.5 Å². The van der Waals surface area contributed by atoms with Crippen molar-refractivity contribution in [2.24, 2.45) is 7.05 Å². The number of anilines is 1. The molecule has 13 heteroatoms. The molecule has 0 radical (unpaired) electrons. The molecule has 13 nitrogen and oxygen atoms in total. The van der Waals surface area contributed by atoms with Gasteiger partial charge in [0.25, 0.3) is 0 Å². The Hall–Kier alpha value is -6.21. The van der Waals surface area contributed by atoms with E-state index in [0.29, 0.717) is 12.5 Å². The highest BCUT2D eigenvalue weighted by molar-refractivity contribution is 5.98. The van der Waals surface area contributed by atoms with Crippen LogP contribution < -0.4 is 10.2 Å². The summed E-state index contributed by atoms with van der Waals surface area (Å²) in [5, 5.41) is 17.3. The van der Waals surface area contributed by atoms with E-state index in [1.54, 1.807) is 50.2 Å². The van der Waals surface area contributed by atoms with Crippen LogP contribution in [0.4, 0.5) is 10.7 Å². The van der Waals surface area contributed by atoms with Crippen molar-refractivity contribution in [2.75, 3.05) is 38.6 Å². The molecule has 0 saturated carbocycles. The Bertz CT molecular complexity index is 2130. The van der Waals surface area contributed by atoms with Gasteiger partial charge >= 0.3 is 6.03 Å². The van der Waals surface area contributed by atoms with Crippen LogP contribution >= 0.6 is 0 Å². The molecule has 3 aromatic carbocycles. The molecule has 0 spiro atoms. The molecule has 5 aromatic rings. The number of hydrogen-bond acceptors (Lipinski definition) is 8. The second-order valence-corrected chi connectivity index (χ2v) is 13.6. The van der Waals surface area contributed by atoms with Crippen molar-refractivity contribution in [2.45, 2.75) is 31.7 Å². The lowest BCUT2D eigenvalue weighted by Gasteiger charge is -2.55. The van der Waals surface area contributed by atoms with E-state index in [1.807, 2.05) is 97.7 Å². The number of carbonyl (C=O) groups is 3. The first-order valence-electron chi connectivity index (χ1n) is 17.5. The molecule has 0 bridgehead atoms. The van der Waals surface area contributed by atoms with E-state index in [2.05, 4.69) is 21.9 Å². The molecule has 2 fully saturated rings. The largest absolute Gasteiger partial charge is 0.508 e. The number of phenolic OH excluding ortho intramolecular Hbond substituents is 1. The molecule has 0 unspecified atom stereocenters. The summed E-state index contributed by atoms with van der Waals surface area (Å²) in [4.78, 5) is 57.0. The Morgan fingerprint density at radius 3 is 2.43 bits per heavy atom. The number of aromatic hydroxyl groups is 1. The van der Waals surface area contributed by atoms with Crippen LogP contribution in [0, 0.1) is 0 Å². The lowest BCUT2D eigenvalue weighted by molar-refractivity contribution is -0.189. The fraction of sp³-hybridized carbons (Fsp3) is 0.275. The number of fused-ring (bicyclic) bond motifs is 2. The molecule has 0 aliphatic carbocycles. The van der Waals surface area contributed by atoms with E-state index < -0.39 is 12.2 Å². The molecule has 2 aliphatic rings. The maximum absolute atomic E-state index is 14.6. The van der Waals surface area contributed by atoms with Crippen molar-refractivity contribution in [3.8, 4) is 16.9 Å². The van der Waals surface area contributed by atoms with E-state index in [0.717, 1.165) is 38.7 Å². The number of rotatable bonds is 10. The van der Waals surface area contributed by atoms with Crippen molar-refractivity contribution in [1.82, 2.24) is 39.7 Å². The van der Waals surface area contributed by atoms with Gasteiger partial charge in [0.1, 0.15) is 18.0 Å². The molecule has 7 rings (SSSR count). The molecule has 2 N–H and O–H groups in total. The summed E-state index contributed by atoms with van der Waals surface area (Å²) >= 11 is 0. The van der Waals surface area contributed by atoms with E-state index in [1.165, 1.54) is 0 Å². The van der Waals surface area contributed by atoms with Gasteiger partial charge in [0.05, 0.1) is 18.6 Å². The molecule has 2 aromatic heterocycles. The summed E-state index contributed by atoms with van der Waals surface area (Å²) < 4.78 is 2.05. The van der Waals surface area contributed by atoms with Gasteiger partial charge in [0, 0.05) is 82.3 Å². The molecule has 2 aliphatic heterocycles. The van der Waals surface area contributed by atoms with Gasteiger partial charge in [-0.3, -0.25) is 9.59 Å². The first-order valence-corrected chi connectivity index (χ1v) is 17.5. The predicted octanol–water partition coefficient (Wildman–Crippen LogP) is 4.14. The van der Waals surface area contributed by atoms with Crippen LogP contribution in [0.5, 0.6) is 5.75 Å². The zero-order valence-electron chi connectivity index (χ0n) is 30.1. The van der Waals surface area contributed by atoms with E-state index in [9.17, 15) is 19.5 Å². The first-order chi connectivity index (χ1) is 25.6. The van der Waals surface area contributed by atoms with Crippen molar-refractivity contribution >= 4 is 34.7 Å². The van der Waals surface area contributed by atoms with Crippen LogP contribution in [0.1, 0.15) is 16.7 Å². The number of aromatic nitrogens is 3. The van der Waals surface area contributed by atoms with E-state index in [4.69, 9.17) is 0 Å². The van der Waals surface area contributed by atoms with Crippen LogP contribution in [0.25, 0.3) is 22.0 Å². The first kappa shape index (κ1) is 35.2. The number of aryl methyl sites for hydroxylation is 1. The number of amides is 4. The second-order valence-electron chi connectivity index (χ2n) is 13.6. The van der Waals surface area contributed by atoms with E-state index in [-0.39, 0.29) is 56.2 Å². The fourth-order valence-electron chi connectivity index (χ4n) is 7.36. The molecular weight excluding hydrogens is 670 g/mol. The number of carbonyl (C=O) groups excluding carboxylic acids is 3. The van der Waals surface area contributed by atoms with Crippen LogP contribution in [0.15, 0.2) is 104 Å². The number of piperazine rings is 1. The van der Waals surface area contributed by atoms with Crippen molar-refractivity contribution in [3.05, 3.63) is 121 Å². The molecule has 53 heavy (non-hydrogen) atoms. The van der Waals surface area contributed by atoms with Crippen LogP contribution in [0.3, 0.4) is 0 Å². The normalized spacial score (nSPS) is 17.6. The minimum Gasteiger partial charge on any atom is -0.508 e. The number of phenols is 1. The molecular formula is C40H43N9O4. The topological polar surface area (TPSA) is 130 Å². The number of hydrogen-bond donors (Lipinski definition) is 2. The highest BCUT2D eigenvalue weighted by Gasteiger charge is 2.51. The average molecular weight is 714 g/mol. The third kappa shape index (κ3) is 7.03. The Labute approximate surface area is 308 Å². The molecule has 4 heterocycles. The third-order valence-electron chi connectivity index (χ3n) is 9.83. The van der Waals surface area contributed by atoms with Crippen molar-refractivity contribution in [3.63, 3.8) is 0 Å². The number of para-hydroxylation sites is 1. The summed E-state index contributed by atoms with van der Waals surface area (Å²) in [6, 6.07) is 21.0. The van der Waals surface area contributed by atoms with Gasteiger partial charge in [0.2, 0.25) is 17.8 Å². The molecule has 4 amide bonds. The highest BCUT2D eigenvalue weighted by atomic mass is 16.3. The zero-order valence-corrected chi connectivity index (χ0v) is 30.1. The Balaban J connectivity index is 1.26. The Morgan fingerprint density at radius 2 is 1.74 bits per heavy atom. The van der Waals surface area contributed by atoms with Gasteiger partial charge in [0.15, 0.2) is 0 Å². The SMILES string of the molecule is C=CCN1CC(=O)N2[C@@H](Cc3ccc(O)cc3)C(=O)N(Cc3cccc4c(-c5cnc(N(C)C)nc5)cn(C)c34)C[C@@H]2N1C(=O)NCc1ccccc1. The number of urea groups is 1. The quantitative estimate of drug-likeness (QED) is 0.207. The lowest BCUT2D eigenvalue weighted by atomic mass is 9.98. The smallest absolute Gasteiger partial charge is 0.334 e. The summed E-state index contributed by atoms with van der Waals surface area (Å²) in [5.41, 5.74) is 5.42. The maximum atomic E-state index is 14.6. The summed E-state index contributed by atoms with van der Waals surface area (Å²) in [6.07, 6.45) is 6.75.